The number of carbonyl (C=O) groups is 3. The third kappa shape index (κ3) is 4.56. The Morgan fingerprint density at radius 3 is 2.18 bits per heavy atom. The molecule has 0 spiro atoms. The molecule has 0 saturated carbocycles. The largest absolute Gasteiger partial charge is 0.508 e. The van der Waals surface area contributed by atoms with Gasteiger partial charge in [-0.1, -0.05) is 28.4 Å². The SMILES string of the molecule is [N-]=[N+]=NC1=C(N=[N+]=[N-])c2c(cccc2S(=O)(=O)Oc2cccc(C(=O)c3ccc(O)cc3O)c2O)C(=O)C1=O. The van der Waals surface area contributed by atoms with Gasteiger partial charge in [-0.15, -0.1) is 0 Å². The van der Waals surface area contributed by atoms with E-state index in [1.807, 2.05) is 0 Å². The van der Waals surface area contributed by atoms with Crippen LogP contribution in [0.5, 0.6) is 23.0 Å². The molecule has 0 aromatic heterocycles. The summed E-state index contributed by atoms with van der Waals surface area (Å²) in [6, 6.07) is 9.48. The zero-order valence-electron chi connectivity index (χ0n) is 19.1. The molecule has 0 amide bonds. The van der Waals surface area contributed by atoms with E-state index in [1.54, 1.807) is 0 Å². The fourth-order valence-corrected chi connectivity index (χ4v) is 4.86. The van der Waals surface area contributed by atoms with E-state index in [2.05, 4.69) is 20.1 Å². The number of allylic oxidation sites excluding steroid dienone is 1. The molecule has 0 fully saturated rings. The number of azide groups is 2. The van der Waals surface area contributed by atoms with Crippen LogP contribution in [0.25, 0.3) is 26.6 Å². The molecule has 1 aliphatic carbocycles. The van der Waals surface area contributed by atoms with Crippen molar-refractivity contribution in [2.75, 3.05) is 0 Å². The maximum Gasteiger partial charge on any atom is 0.339 e. The van der Waals surface area contributed by atoms with E-state index < -0.39 is 77.7 Å². The van der Waals surface area contributed by atoms with Crippen molar-refractivity contribution >= 4 is 33.2 Å². The Labute approximate surface area is 217 Å². The average Bonchev–Trinajstić information content (AvgIpc) is 2.89. The van der Waals surface area contributed by atoms with Gasteiger partial charge in [0, 0.05) is 27.0 Å². The molecule has 0 atom stereocenters. The zero-order valence-corrected chi connectivity index (χ0v) is 19.9. The van der Waals surface area contributed by atoms with Crippen LogP contribution in [0.1, 0.15) is 31.8 Å². The Balaban J connectivity index is 1.85. The van der Waals surface area contributed by atoms with Gasteiger partial charge in [0.15, 0.2) is 11.5 Å². The summed E-state index contributed by atoms with van der Waals surface area (Å²) >= 11 is 0. The van der Waals surface area contributed by atoms with E-state index in [0.29, 0.717) is 0 Å². The molecule has 4 rings (SSSR count). The summed E-state index contributed by atoms with van der Waals surface area (Å²) in [4.78, 5) is 42.0. The molecule has 0 saturated heterocycles. The second-order valence-corrected chi connectivity index (χ2v) is 9.15. The maximum absolute atomic E-state index is 13.3. The van der Waals surface area contributed by atoms with Crippen LogP contribution in [-0.2, 0) is 14.9 Å². The molecule has 3 aromatic rings. The highest BCUT2D eigenvalue weighted by molar-refractivity contribution is 7.87. The minimum atomic E-state index is -5.00. The highest BCUT2D eigenvalue weighted by Gasteiger charge is 2.37. The summed E-state index contributed by atoms with van der Waals surface area (Å²) in [5.41, 5.74) is 14.2. The quantitative estimate of drug-likeness (QED) is 0.0965. The summed E-state index contributed by atoms with van der Waals surface area (Å²) < 4.78 is 31.7. The van der Waals surface area contributed by atoms with Crippen molar-refractivity contribution < 1.29 is 42.3 Å². The number of phenolic OH excluding ortho intramolecular Hbond substituents is 3. The van der Waals surface area contributed by atoms with E-state index in [1.165, 1.54) is 6.07 Å². The van der Waals surface area contributed by atoms with Crippen LogP contribution in [0.15, 0.2) is 75.4 Å². The second kappa shape index (κ2) is 9.91. The van der Waals surface area contributed by atoms with Crippen molar-refractivity contribution in [3.63, 3.8) is 0 Å². The van der Waals surface area contributed by atoms with Crippen molar-refractivity contribution in [2.45, 2.75) is 4.90 Å². The van der Waals surface area contributed by atoms with E-state index >= 15 is 0 Å². The lowest BCUT2D eigenvalue weighted by Crippen LogP contribution is -2.25. The average molecular weight is 548 g/mol. The zero-order chi connectivity index (χ0) is 28.5. The number of aromatic hydroxyl groups is 3. The third-order valence-electron chi connectivity index (χ3n) is 5.38. The molecule has 16 heteroatoms. The van der Waals surface area contributed by atoms with E-state index in [-0.39, 0.29) is 11.3 Å². The molecule has 0 heterocycles. The number of ketones is 3. The molecule has 0 aliphatic heterocycles. The molecule has 3 N–H and O–H groups in total. The molecule has 194 valence electrons. The van der Waals surface area contributed by atoms with Crippen molar-refractivity contribution in [1.29, 1.82) is 0 Å². The van der Waals surface area contributed by atoms with Crippen molar-refractivity contribution in [2.24, 2.45) is 10.2 Å². The van der Waals surface area contributed by atoms with E-state index in [9.17, 15) is 38.1 Å². The summed E-state index contributed by atoms with van der Waals surface area (Å²) in [7, 11) is -5.00. The minimum absolute atomic E-state index is 0.321. The fraction of sp³-hybridized carbons (Fsp3) is 0. The molecule has 39 heavy (non-hydrogen) atoms. The lowest BCUT2D eigenvalue weighted by atomic mass is 9.91. The van der Waals surface area contributed by atoms with Gasteiger partial charge in [-0.05, 0) is 41.4 Å². The first-order valence-corrected chi connectivity index (χ1v) is 11.8. The monoisotopic (exact) mass is 548 g/mol. The first-order valence-electron chi connectivity index (χ1n) is 10.4. The van der Waals surface area contributed by atoms with Gasteiger partial charge in [0.2, 0.25) is 17.3 Å². The highest BCUT2D eigenvalue weighted by Crippen LogP contribution is 2.39. The summed E-state index contributed by atoms with van der Waals surface area (Å²) in [5, 5.41) is 36.4. The van der Waals surface area contributed by atoms with Gasteiger partial charge in [-0.25, -0.2) is 0 Å². The number of Topliss-reactive ketones (excluding diaryl/α,β-unsaturated/α-hetero) is 2. The Morgan fingerprint density at radius 1 is 0.846 bits per heavy atom. The smallest absolute Gasteiger partial charge is 0.339 e. The standard InChI is InChI=1S/C23H12N6O9S/c24-28-26-18-17-12(22(34)23(35)19(18)27-29-25)3-2-6-16(17)39(36,37)38-15-5-1-4-13(21(15)33)20(32)11-8-7-10(30)9-14(11)31/h1-9,30-31,33H. The molecule has 1 aliphatic rings. The number of carbonyl (C=O) groups excluding carboxylic acids is 3. The lowest BCUT2D eigenvalue weighted by molar-refractivity contribution is -0.111. The molecule has 15 nitrogen and oxygen atoms in total. The third-order valence-corrected chi connectivity index (χ3v) is 6.66. The normalized spacial score (nSPS) is 12.7. The second-order valence-electron chi connectivity index (χ2n) is 7.63. The van der Waals surface area contributed by atoms with Crippen molar-refractivity contribution in [3.8, 4) is 23.0 Å². The van der Waals surface area contributed by atoms with E-state index in [0.717, 1.165) is 48.5 Å². The summed E-state index contributed by atoms with van der Waals surface area (Å²) in [6.45, 7) is 0. The van der Waals surface area contributed by atoms with Gasteiger partial charge in [-0.2, -0.15) is 8.42 Å². The van der Waals surface area contributed by atoms with Crippen LogP contribution in [-0.4, -0.2) is 41.1 Å². The number of benzene rings is 3. The maximum atomic E-state index is 13.3. The number of hydrogen-bond donors (Lipinski definition) is 3. The topological polar surface area (TPSA) is 253 Å². The number of rotatable bonds is 7. The van der Waals surface area contributed by atoms with Crippen LogP contribution >= 0.6 is 0 Å². The van der Waals surface area contributed by atoms with Gasteiger partial charge in [0.25, 0.3) is 0 Å². The molecular weight excluding hydrogens is 536 g/mol. The minimum Gasteiger partial charge on any atom is -0.508 e. The summed E-state index contributed by atoms with van der Waals surface area (Å²) in [6.07, 6.45) is 0. The first-order chi connectivity index (χ1) is 18.5. The number of hydrogen-bond acceptors (Lipinski definition) is 11. The van der Waals surface area contributed by atoms with Crippen LogP contribution in [0.4, 0.5) is 0 Å². The van der Waals surface area contributed by atoms with Gasteiger partial charge in [0.05, 0.1) is 22.5 Å². The molecular formula is C23H12N6O9S. The number of nitrogens with zero attached hydrogens (tertiary/aromatic N) is 6. The van der Waals surface area contributed by atoms with Crippen LogP contribution in [0, 0.1) is 0 Å². The van der Waals surface area contributed by atoms with Gasteiger partial charge >= 0.3 is 10.1 Å². The molecule has 0 bridgehead atoms. The Morgan fingerprint density at radius 2 is 1.51 bits per heavy atom. The molecule has 0 unspecified atom stereocenters. The Bertz CT molecular complexity index is 1850. The van der Waals surface area contributed by atoms with Crippen LogP contribution in [0.2, 0.25) is 0 Å². The van der Waals surface area contributed by atoms with E-state index in [4.69, 9.17) is 15.2 Å². The van der Waals surface area contributed by atoms with Crippen LogP contribution < -0.4 is 4.18 Å². The van der Waals surface area contributed by atoms with Crippen LogP contribution in [0.3, 0.4) is 0 Å². The van der Waals surface area contributed by atoms with Gasteiger partial charge in [0.1, 0.15) is 16.4 Å². The molecule has 0 radical (unpaired) electrons. The number of para-hydroxylation sites is 1. The Kier molecular flexibility index (Phi) is 6.67. The predicted octanol–water partition coefficient (Wildman–Crippen LogP) is 3.86. The van der Waals surface area contributed by atoms with Crippen molar-refractivity contribution in [1.82, 2.24) is 0 Å². The van der Waals surface area contributed by atoms with Gasteiger partial charge in [-0.3, -0.25) is 14.4 Å². The fourth-order valence-electron chi connectivity index (χ4n) is 3.70. The summed E-state index contributed by atoms with van der Waals surface area (Å²) in [5.74, 6) is -6.14. The van der Waals surface area contributed by atoms with Gasteiger partial charge < -0.3 is 19.5 Å². The van der Waals surface area contributed by atoms with Crippen molar-refractivity contribution in [3.05, 3.63) is 103 Å². The Hall–Kier alpha value is -5.82. The number of phenols is 3. The lowest BCUT2D eigenvalue weighted by Gasteiger charge is -2.20. The first kappa shape index (κ1) is 26.2. The highest BCUT2D eigenvalue weighted by atomic mass is 32.2. The molecule has 3 aromatic carbocycles. The predicted molar refractivity (Wildman–Crippen MR) is 130 cm³/mol. The number of fused-ring (bicyclic) bond motifs is 1.